The Bertz CT molecular complexity index is 1600. The van der Waals surface area contributed by atoms with Crippen molar-refractivity contribution in [1.82, 2.24) is 24.4 Å². The van der Waals surface area contributed by atoms with E-state index in [0.29, 0.717) is 31.1 Å². The molecule has 0 bridgehead atoms. The highest BCUT2D eigenvalue weighted by Gasteiger charge is 2.26. The fourth-order valence-corrected chi connectivity index (χ4v) is 5.09. The minimum atomic E-state index is -1.30. The van der Waals surface area contributed by atoms with Gasteiger partial charge < -0.3 is 23.9 Å². The lowest BCUT2D eigenvalue weighted by molar-refractivity contribution is -0.0592. The van der Waals surface area contributed by atoms with E-state index in [2.05, 4.69) is 19.4 Å². The van der Waals surface area contributed by atoms with Crippen molar-refractivity contribution in [2.75, 3.05) is 19.7 Å². The molecule has 2 saturated heterocycles. The molecule has 2 aromatic heterocycles. The van der Waals surface area contributed by atoms with Crippen molar-refractivity contribution in [1.29, 1.82) is 0 Å². The summed E-state index contributed by atoms with van der Waals surface area (Å²) in [5, 5.41) is 9.46. The Morgan fingerprint density at radius 1 is 1.02 bits per heavy atom. The second-order valence-corrected chi connectivity index (χ2v) is 10.3. The van der Waals surface area contributed by atoms with E-state index in [-0.39, 0.29) is 30.2 Å². The first-order valence-corrected chi connectivity index (χ1v) is 13.6. The summed E-state index contributed by atoms with van der Waals surface area (Å²) in [4.78, 5) is 27.0. The third kappa shape index (κ3) is 6.16. The second-order valence-electron chi connectivity index (χ2n) is 10.3. The number of rotatable bonds is 10. The van der Waals surface area contributed by atoms with Crippen LogP contribution in [0.15, 0.2) is 42.6 Å². The van der Waals surface area contributed by atoms with Gasteiger partial charge in [-0.25, -0.2) is 27.9 Å². The van der Waals surface area contributed by atoms with Crippen LogP contribution < -0.4 is 9.47 Å². The smallest absolute Gasteiger partial charge is 0.335 e. The number of nitrogens with zero attached hydrogens (tertiary/aromatic N) is 5. The monoisotopic (exact) mass is 583 g/mol. The molecule has 2 aromatic carbocycles. The van der Waals surface area contributed by atoms with Crippen LogP contribution in [-0.4, -0.2) is 67.4 Å². The molecule has 0 radical (unpaired) electrons. The summed E-state index contributed by atoms with van der Waals surface area (Å²) in [5.74, 6) is -3.55. The summed E-state index contributed by atoms with van der Waals surface area (Å²) in [6, 6.07) is 7.66. The van der Waals surface area contributed by atoms with Gasteiger partial charge in [-0.2, -0.15) is 4.98 Å². The van der Waals surface area contributed by atoms with Crippen LogP contribution in [0.25, 0.3) is 11.0 Å². The zero-order chi connectivity index (χ0) is 29.2. The van der Waals surface area contributed by atoms with Crippen LogP contribution >= 0.6 is 0 Å². The second kappa shape index (κ2) is 11.9. The molecule has 0 unspecified atom stereocenters. The number of piperidine rings is 1. The van der Waals surface area contributed by atoms with Gasteiger partial charge in [-0.05, 0) is 37.5 Å². The molecule has 0 amide bonds. The van der Waals surface area contributed by atoms with Crippen molar-refractivity contribution in [2.45, 2.75) is 51.2 Å². The maximum Gasteiger partial charge on any atom is 0.335 e. The maximum atomic E-state index is 13.9. The molecule has 0 aliphatic carbocycles. The molecule has 220 valence electrons. The number of likely N-dealkylation sites (tertiary alicyclic amines) is 1. The van der Waals surface area contributed by atoms with E-state index in [4.69, 9.17) is 19.2 Å². The molecule has 2 fully saturated rings. The Hall–Kier alpha value is -4.23. The molecule has 4 heterocycles. The molecule has 42 heavy (non-hydrogen) atoms. The Labute approximate surface area is 238 Å². The summed E-state index contributed by atoms with van der Waals surface area (Å²) in [6.07, 6.45) is 3.93. The number of imidazole rings is 1. The minimum absolute atomic E-state index is 0.0890. The Kier molecular flexibility index (Phi) is 7.94. The van der Waals surface area contributed by atoms with Gasteiger partial charge in [0.15, 0.2) is 29.0 Å². The highest BCUT2D eigenvalue weighted by atomic mass is 19.2. The van der Waals surface area contributed by atoms with Gasteiger partial charge in [-0.15, -0.1) is 0 Å². The number of carboxylic acids is 1. The first kappa shape index (κ1) is 27.9. The van der Waals surface area contributed by atoms with Crippen LogP contribution in [0.5, 0.6) is 11.6 Å². The van der Waals surface area contributed by atoms with Crippen molar-refractivity contribution in [3.05, 3.63) is 77.3 Å². The van der Waals surface area contributed by atoms with E-state index in [9.17, 15) is 23.1 Å². The number of hydrogen-bond donors (Lipinski definition) is 1. The molecule has 4 aromatic rings. The van der Waals surface area contributed by atoms with Gasteiger partial charge in [0.1, 0.15) is 18.5 Å². The lowest BCUT2D eigenvalue weighted by Crippen LogP contribution is -2.39. The lowest BCUT2D eigenvalue weighted by atomic mass is 10.1. The van der Waals surface area contributed by atoms with E-state index in [1.54, 1.807) is 24.3 Å². The van der Waals surface area contributed by atoms with E-state index in [0.717, 1.165) is 55.8 Å². The number of carboxylic acid groups (broad SMARTS) is 1. The fraction of sp³-hybridized carbons (Fsp3) is 0.379. The first-order chi connectivity index (χ1) is 20.3. The van der Waals surface area contributed by atoms with Crippen molar-refractivity contribution in [2.24, 2.45) is 0 Å². The summed E-state index contributed by atoms with van der Waals surface area (Å²) < 4.78 is 59.5. The molecule has 1 atom stereocenters. The third-order valence-electron chi connectivity index (χ3n) is 7.45. The number of ether oxygens (including phenoxy) is 3. The van der Waals surface area contributed by atoms with Gasteiger partial charge >= 0.3 is 5.97 Å². The highest BCUT2D eigenvalue weighted by molar-refractivity contribution is 5.92. The van der Waals surface area contributed by atoms with Crippen LogP contribution in [0.3, 0.4) is 0 Å². The number of aromatic carboxylic acids is 1. The summed E-state index contributed by atoms with van der Waals surface area (Å²) >= 11 is 0. The summed E-state index contributed by atoms with van der Waals surface area (Å²) in [6.45, 7) is 3.21. The molecular formula is C29H28F3N5O5. The number of carbonyl (C=O) groups is 1. The Balaban J connectivity index is 1.06. The predicted molar refractivity (Wildman–Crippen MR) is 143 cm³/mol. The van der Waals surface area contributed by atoms with Gasteiger partial charge in [0.05, 0.1) is 35.8 Å². The molecule has 13 heteroatoms. The molecule has 0 saturated carbocycles. The van der Waals surface area contributed by atoms with E-state index < -0.39 is 29.2 Å². The van der Waals surface area contributed by atoms with Crippen LogP contribution in [0.1, 0.15) is 41.3 Å². The zero-order valence-electron chi connectivity index (χ0n) is 22.5. The number of halogens is 3. The van der Waals surface area contributed by atoms with E-state index in [1.165, 1.54) is 6.20 Å². The molecule has 0 spiro atoms. The Morgan fingerprint density at radius 2 is 1.81 bits per heavy atom. The van der Waals surface area contributed by atoms with E-state index in [1.807, 2.05) is 0 Å². The average Bonchev–Trinajstić information content (AvgIpc) is 3.29. The molecule has 2 aliphatic rings. The molecular weight excluding hydrogens is 555 g/mol. The molecule has 10 nitrogen and oxygen atoms in total. The first-order valence-electron chi connectivity index (χ1n) is 13.6. The molecule has 1 N–H and O–H groups in total. The third-order valence-corrected chi connectivity index (χ3v) is 7.45. The van der Waals surface area contributed by atoms with Crippen molar-refractivity contribution in [3.63, 3.8) is 0 Å². The lowest BCUT2D eigenvalue weighted by Gasteiger charge is -2.32. The number of fused-ring (bicyclic) bond motifs is 1. The van der Waals surface area contributed by atoms with Gasteiger partial charge in [0, 0.05) is 44.1 Å². The standard InChI is InChI=1S/C29H28F3N5O5/c30-20-12-22(32)25(13-21(20)31)41-16-26-33-7-3-28(35-26)42-18-4-8-36(9-5-18)15-27-34-23-2-1-17(29(38)39)11-24(23)37(27)14-19-6-10-40-19/h1-3,7,11-13,18-19H,4-6,8-10,14-16H2,(H,38,39)/t19-/m0/s1. The summed E-state index contributed by atoms with van der Waals surface area (Å²) in [7, 11) is 0. The van der Waals surface area contributed by atoms with Crippen molar-refractivity contribution in [3.8, 4) is 11.6 Å². The van der Waals surface area contributed by atoms with Crippen LogP contribution in [0, 0.1) is 17.5 Å². The van der Waals surface area contributed by atoms with Crippen molar-refractivity contribution >= 4 is 17.0 Å². The predicted octanol–water partition coefficient (Wildman–Crippen LogP) is 4.35. The molecule has 2 aliphatic heterocycles. The van der Waals surface area contributed by atoms with Gasteiger partial charge in [-0.3, -0.25) is 4.90 Å². The van der Waals surface area contributed by atoms with Gasteiger partial charge in [-0.1, -0.05) is 0 Å². The number of benzene rings is 2. The fourth-order valence-electron chi connectivity index (χ4n) is 5.09. The average molecular weight is 584 g/mol. The topological polar surface area (TPSA) is 112 Å². The van der Waals surface area contributed by atoms with Crippen molar-refractivity contribution < 1.29 is 37.3 Å². The minimum Gasteiger partial charge on any atom is -0.482 e. The maximum absolute atomic E-state index is 13.9. The number of hydrogen-bond acceptors (Lipinski definition) is 8. The van der Waals surface area contributed by atoms with Crippen LogP contribution in [-0.2, 0) is 24.4 Å². The van der Waals surface area contributed by atoms with Crippen LogP contribution in [0.2, 0.25) is 0 Å². The SMILES string of the molecule is O=C(O)c1ccc2nc(CN3CCC(Oc4ccnc(COc5cc(F)c(F)cc5F)n4)CC3)n(C[C@@H]3CCO3)c2c1. The quantitative estimate of drug-likeness (QED) is 0.272. The normalized spacial score (nSPS) is 17.7. The zero-order valence-corrected chi connectivity index (χ0v) is 22.5. The summed E-state index contributed by atoms with van der Waals surface area (Å²) in [5.41, 5.74) is 1.76. The van der Waals surface area contributed by atoms with Gasteiger partial charge in [0.25, 0.3) is 0 Å². The van der Waals surface area contributed by atoms with Crippen LogP contribution in [0.4, 0.5) is 13.2 Å². The van der Waals surface area contributed by atoms with E-state index >= 15 is 0 Å². The largest absolute Gasteiger partial charge is 0.482 e. The number of aromatic nitrogens is 4. The highest BCUT2D eigenvalue weighted by Crippen LogP contribution is 2.25. The van der Waals surface area contributed by atoms with Gasteiger partial charge in [0.2, 0.25) is 5.88 Å². The molecule has 6 rings (SSSR count). The Morgan fingerprint density at radius 3 is 2.55 bits per heavy atom.